The van der Waals surface area contributed by atoms with Gasteiger partial charge in [0.2, 0.25) is 5.91 Å². The van der Waals surface area contributed by atoms with Crippen molar-refractivity contribution in [2.75, 3.05) is 34.0 Å². The molecule has 2 aliphatic rings. The van der Waals surface area contributed by atoms with Crippen LogP contribution in [0.5, 0.6) is 11.5 Å². The van der Waals surface area contributed by atoms with E-state index in [0.717, 1.165) is 31.2 Å². The predicted octanol–water partition coefficient (Wildman–Crippen LogP) is 3.47. The molecule has 0 bridgehead atoms. The van der Waals surface area contributed by atoms with Crippen LogP contribution in [0.4, 0.5) is 0 Å². The summed E-state index contributed by atoms with van der Waals surface area (Å²) in [5.41, 5.74) is 3.19. The molecule has 10 nitrogen and oxygen atoms in total. The summed E-state index contributed by atoms with van der Waals surface area (Å²) in [6, 6.07) is 5.68. The maximum absolute atomic E-state index is 13.2. The number of aromatic nitrogens is 3. The minimum absolute atomic E-state index is 0.0146. The van der Waals surface area contributed by atoms with Crippen molar-refractivity contribution in [1.29, 1.82) is 0 Å². The van der Waals surface area contributed by atoms with E-state index in [1.54, 1.807) is 20.4 Å². The first kappa shape index (κ1) is 26.0. The van der Waals surface area contributed by atoms with Gasteiger partial charge in [0, 0.05) is 43.4 Å². The van der Waals surface area contributed by atoms with Crippen molar-refractivity contribution in [3.05, 3.63) is 36.3 Å². The van der Waals surface area contributed by atoms with Gasteiger partial charge in [0.15, 0.2) is 0 Å². The van der Waals surface area contributed by atoms with E-state index in [1.165, 1.54) is 19.2 Å². The standard InChI is InChI=1S/C28H35N5O5/c1-36-12-11-29-27(34)18-5-7-19(8-6-18)33-28(35)22-14-30-26-24(31-16-32-25(22)26)21-10-9-20(37-2)13-23(21)38-15-17-3-4-17/h9-10,13-14,16-19,30H,3-8,11-12,15H2,1-2H3,(H,29,34)(H,33,35). The normalized spacial score (nSPS) is 19.2. The van der Waals surface area contributed by atoms with Crippen LogP contribution in [0.25, 0.3) is 22.3 Å². The molecule has 5 rings (SSSR count). The molecule has 3 N–H and O–H groups in total. The van der Waals surface area contributed by atoms with E-state index >= 15 is 0 Å². The van der Waals surface area contributed by atoms with Gasteiger partial charge in [-0.2, -0.15) is 0 Å². The van der Waals surface area contributed by atoms with Crippen molar-refractivity contribution in [2.45, 2.75) is 44.6 Å². The van der Waals surface area contributed by atoms with Gasteiger partial charge in [-0.05, 0) is 56.6 Å². The average Bonchev–Trinajstić information content (AvgIpc) is 3.67. The quantitative estimate of drug-likeness (QED) is 0.330. The lowest BCUT2D eigenvalue weighted by molar-refractivity contribution is -0.126. The minimum atomic E-state index is -0.186. The molecule has 0 aliphatic heterocycles. The second-order valence-electron chi connectivity index (χ2n) is 10.1. The number of aromatic amines is 1. The molecule has 2 aliphatic carbocycles. The number of benzene rings is 1. The number of fused-ring (bicyclic) bond motifs is 1. The first-order valence-corrected chi connectivity index (χ1v) is 13.3. The Labute approximate surface area is 221 Å². The van der Waals surface area contributed by atoms with Crippen LogP contribution in [0, 0.1) is 11.8 Å². The number of nitrogens with one attached hydrogen (secondary N) is 3. The third kappa shape index (κ3) is 5.91. The Morgan fingerprint density at radius 2 is 1.89 bits per heavy atom. The van der Waals surface area contributed by atoms with Crippen LogP contribution >= 0.6 is 0 Å². The van der Waals surface area contributed by atoms with Gasteiger partial charge >= 0.3 is 0 Å². The fourth-order valence-electron chi connectivity index (χ4n) is 4.94. The van der Waals surface area contributed by atoms with Crippen molar-refractivity contribution in [1.82, 2.24) is 25.6 Å². The highest BCUT2D eigenvalue weighted by atomic mass is 16.5. The van der Waals surface area contributed by atoms with Gasteiger partial charge in [0.1, 0.15) is 29.0 Å². The van der Waals surface area contributed by atoms with Gasteiger partial charge < -0.3 is 29.8 Å². The molecule has 10 heteroatoms. The van der Waals surface area contributed by atoms with Gasteiger partial charge in [0.05, 0.1) is 31.4 Å². The van der Waals surface area contributed by atoms with Gasteiger partial charge in [-0.1, -0.05) is 0 Å². The van der Waals surface area contributed by atoms with Gasteiger partial charge in [-0.25, -0.2) is 9.97 Å². The molecule has 0 saturated heterocycles. The summed E-state index contributed by atoms with van der Waals surface area (Å²) >= 11 is 0. The molecule has 2 saturated carbocycles. The molecule has 0 spiro atoms. The minimum Gasteiger partial charge on any atom is -0.497 e. The Morgan fingerprint density at radius 1 is 1.08 bits per heavy atom. The number of hydrogen-bond acceptors (Lipinski definition) is 7. The second-order valence-corrected chi connectivity index (χ2v) is 10.1. The van der Waals surface area contributed by atoms with Crippen LogP contribution in [0.15, 0.2) is 30.7 Å². The summed E-state index contributed by atoms with van der Waals surface area (Å²) in [5, 5.41) is 6.05. The summed E-state index contributed by atoms with van der Waals surface area (Å²) in [7, 11) is 3.24. The SMILES string of the molecule is COCCNC(=O)C1CCC(NC(=O)c2c[nH]c3c(-c4ccc(OC)cc4OCC4CC4)ncnc23)CC1. The summed E-state index contributed by atoms with van der Waals surface area (Å²) in [6.45, 7) is 1.67. The Balaban J connectivity index is 1.28. The second kappa shape index (κ2) is 11.8. The van der Waals surface area contributed by atoms with Gasteiger partial charge in [0.25, 0.3) is 5.91 Å². The lowest BCUT2D eigenvalue weighted by atomic mass is 9.85. The molecular weight excluding hydrogens is 486 g/mol. The molecule has 2 amide bonds. The van der Waals surface area contributed by atoms with Gasteiger partial charge in [-0.3, -0.25) is 9.59 Å². The van der Waals surface area contributed by atoms with Crippen LogP contribution in [-0.2, 0) is 9.53 Å². The first-order chi connectivity index (χ1) is 18.6. The summed E-state index contributed by atoms with van der Waals surface area (Å²) in [4.78, 5) is 37.7. The van der Waals surface area contributed by atoms with Crippen LogP contribution in [-0.4, -0.2) is 66.8 Å². The lowest BCUT2D eigenvalue weighted by Gasteiger charge is -2.28. The molecule has 38 heavy (non-hydrogen) atoms. The van der Waals surface area contributed by atoms with Crippen molar-refractivity contribution >= 4 is 22.8 Å². The highest BCUT2D eigenvalue weighted by Gasteiger charge is 2.28. The Morgan fingerprint density at radius 3 is 2.63 bits per heavy atom. The smallest absolute Gasteiger partial charge is 0.255 e. The summed E-state index contributed by atoms with van der Waals surface area (Å²) in [6.07, 6.45) is 8.53. The van der Waals surface area contributed by atoms with Gasteiger partial charge in [-0.15, -0.1) is 0 Å². The lowest BCUT2D eigenvalue weighted by Crippen LogP contribution is -2.41. The zero-order valence-corrected chi connectivity index (χ0v) is 21.9. The van der Waals surface area contributed by atoms with Crippen molar-refractivity contribution in [2.24, 2.45) is 11.8 Å². The summed E-state index contributed by atoms with van der Waals surface area (Å²) in [5.74, 6) is 1.85. The van der Waals surface area contributed by atoms with E-state index in [9.17, 15) is 9.59 Å². The Bertz CT molecular complexity index is 1280. The molecule has 1 aromatic carbocycles. The average molecular weight is 522 g/mol. The molecule has 2 aromatic heterocycles. The van der Waals surface area contributed by atoms with Crippen molar-refractivity contribution in [3.63, 3.8) is 0 Å². The van der Waals surface area contributed by atoms with E-state index in [2.05, 4.69) is 25.6 Å². The number of hydrogen-bond donors (Lipinski definition) is 3. The molecule has 2 heterocycles. The van der Waals surface area contributed by atoms with Crippen molar-refractivity contribution in [3.8, 4) is 22.8 Å². The number of carbonyl (C=O) groups is 2. The Hall–Kier alpha value is -3.66. The number of H-pyrrole nitrogens is 1. The molecular formula is C28H35N5O5. The Kier molecular flexibility index (Phi) is 8.07. The summed E-state index contributed by atoms with van der Waals surface area (Å²) < 4.78 is 16.5. The van der Waals surface area contributed by atoms with E-state index in [0.29, 0.717) is 59.5 Å². The van der Waals surface area contributed by atoms with E-state index in [-0.39, 0.29) is 23.8 Å². The highest BCUT2D eigenvalue weighted by molar-refractivity contribution is 6.08. The first-order valence-electron chi connectivity index (χ1n) is 13.3. The topological polar surface area (TPSA) is 127 Å². The maximum Gasteiger partial charge on any atom is 0.255 e. The van der Waals surface area contributed by atoms with Crippen LogP contribution in [0.2, 0.25) is 0 Å². The largest absolute Gasteiger partial charge is 0.497 e. The number of amides is 2. The maximum atomic E-state index is 13.2. The van der Waals surface area contributed by atoms with E-state index < -0.39 is 0 Å². The highest BCUT2D eigenvalue weighted by Crippen LogP contribution is 2.38. The molecule has 0 unspecified atom stereocenters. The van der Waals surface area contributed by atoms with E-state index in [1.807, 2.05) is 18.2 Å². The van der Waals surface area contributed by atoms with Crippen LogP contribution in [0.1, 0.15) is 48.9 Å². The fourth-order valence-corrected chi connectivity index (χ4v) is 4.94. The zero-order chi connectivity index (χ0) is 26.5. The number of nitrogens with zero attached hydrogens (tertiary/aromatic N) is 2. The van der Waals surface area contributed by atoms with E-state index in [4.69, 9.17) is 14.2 Å². The van der Waals surface area contributed by atoms with Crippen LogP contribution in [0.3, 0.4) is 0 Å². The molecule has 0 atom stereocenters. The fraction of sp³-hybridized carbons (Fsp3) is 0.500. The monoisotopic (exact) mass is 521 g/mol. The third-order valence-electron chi connectivity index (χ3n) is 7.36. The number of ether oxygens (including phenoxy) is 3. The molecule has 202 valence electrons. The van der Waals surface area contributed by atoms with Crippen LogP contribution < -0.4 is 20.1 Å². The predicted molar refractivity (Wildman–Crippen MR) is 142 cm³/mol. The molecule has 2 fully saturated rings. The number of carbonyl (C=O) groups excluding carboxylic acids is 2. The third-order valence-corrected chi connectivity index (χ3v) is 7.36. The number of rotatable bonds is 11. The molecule has 0 radical (unpaired) electrons. The number of methoxy groups -OCH3 is 2. The zero-order valence-electron chi connectivity index (χ0n) is 21.9. The molecule has 3 aromatic rings. The van der Waals surface area contributed by atoms with Crippen molar-refractivity contribution < 1.29 is 23.8 Å².